The number of nitrogens with one attached hydrogen (secondary N) is 1. The molecular formula is C8H15NO6. The highest BCUT2D eigenvalue weighted by molar-refractivity contribution is 5.72. The van der Waals surface area contributed by atoms with Crippen LogP contribution in [0.5, 0.6) is 0 Å². The summed E-state index contributed by atoms with van der Waals surface area (Å²) >= 11 is 0. The van der Waals surface area contributed by atoms with Gasteiger partial charge in [0.2, 0.25) is 5.91 Å². The number of rotatable bonds is 2. The van der Waals surface area contributed by atoms with Crippen molar-refractivity contribution in [3.05, 3.63) is 0 Å². The van der Waals surface area contributed by atoms with Gasteiger partial charge in [0.1, 0.15) is 24.4 Å². The first-order valence-electron chi connectivity index (χ1n) is 4.55. The van der Waals surface area contributed by atoms with Crippen molar-refractivity contribution in [1.82, 2.24) is 5.32 Å². The van der Waals surface area contributed by atoms with Crippen molar-refractivity contribution < 1.29 is 30.0 Å². The molecule has 5 atom stereocenters. The summed E-state index contributed by atoms with van der Waals surface area (Å²) in [4.78, 5) is 10.6. The Kier molecular flexibility index (Phi) is 4.00. The van der Waals surface area contributed by atoms with Gasteiger partial charge in [-0.1, -0.05) is 0 Å². The van der Waals surface area contributed by atoms with Gasteiger partial charge >= 0.3 is 0 Å². The van der Waals surface area contributed by atoms with Gasteiger partial charge in [-0.3, -0.25) is 4.79 Å². The molecule has 1 fully saturated rings. The van der Waals surface area contributed by atoms with Gasteiger partial charge in [-0.25, -0.2) is 0 Å². The summed E-state index contributed by atoms with van der Waals surface area (Å²) in [7, 11) is 0. The standard InChI is InChI=1S/C8H15NO6/c1-3(10)9-2-4-5(11)6(12)7(13)8(14)15-4/h4-8,11-14H,2H2,1H3,(H,9,10)/t4-,5-,6+,7-,8-/m1/s1. The molecular weight excluding hydrogens is 206 g/mol. The van der Waals surface area contributed by atoms with Crippen LogP contribution in [0.3, 0.4) is 0 Å². The van der Waals surface area contributed by atoms with Crippen LogP contribution in [-0.2, 0) is 9.53 Å². The van der Waals surface area contributed by atoms with Gasteiger partial charge in [-0.2, -0.15) is 0 Å². The first-order chi connectivity index (χ1) is 6.93. The fraction of sp³-hybridized carbons (Fsp3) is 0.875. The van der Waals surface area contributed by atoms with E-state index in [0.717, 1.165) is 0 Å². The SMILES string of the molecule is CC(=O)NC[C@H]1O[C@@H](O)[C@H](O)[C@@H](O)[C@@H]1O. The lowest BCUT2D eigenvalue weighted by Gasteiger charge is -2.38. The molecule has 0 aromatic carbocycles. The quantitative estimate of drug-likeness (QED) is 0.337. The molecule has 1 saturated heterocycles. The number of aliphatic hydroxyl groups is 4. The third-order valence-corrected chi connectivity index (χ3v) is 2.24. The molecule has 1 heterocycles. The van der Waals surface area contributed by atoms with Gasteiger partial charge in [0.05, 0.1) is 0 Å². The smallest absolute Gasteiger partial charge is 0.216 e. The molecule has 1 aliphatic heterocycles. The monoisotopic (exact) mass is 221 g/mol. The number of amides is 1. The van der Waals surface area contributed by atoms with Gasteiger partial charge in [0.15, 0.2) is 6.29 Å². The molecule has 0 spiro atoms. The number of hydrogen-bond donors (Lipinski definition) is 5. The summed E-state index contributed by atoms with van der Waals surface area (Å²) in [5.74, 6) is -0.319. The molecule has 0 aliphatic carbocycles. The molecule has 0 aromatic rings. The molecule has 88 valence electrons. The molecule has 1 rings (SSSR count). The Bertz CT molecular complexity index is 235. The van der Waals surface area contributed by atoms with E-state index in [4.69, 9.17) is 14.9 Å². The predicted octanol–water partition coefficient (Wildman–Crippen LogP) is -3.08. The third-order valence-electron chi connectivity index (χ3n) is 2.24. The molecule has 1 aliphatic rings. The summed E-state index contributed by atoms with van der Waals surface area (Å²) in [6, 6.07) is 0. The van der Waals surface area contributed by atoms with Crippen molar-refractivity contribution in [2.45, 2.75) is 37.6 Å². The third kappa shape index (κ3) is 2.86. The maximum atomic E-state index is 10.6. The van der Waals surface area contributed by atoms with Crippen LogP contribution in [0.25, 0.3) is 0 Å². The van der Waals surface area contributed by atoms with Gasteiger partial charge < -0.3 is 30.5 Å². The van der Waals surface area contributed by atoms with E-state index >= 15 is 0 Å². The minimum absolute atomic E-state index is 0.0443. The van der Waals surface area contributed by atoms with Crippen LogP contribution in [0.2, 0.25) is 0 Å². The second-order valence-electron chi connectivity index (χ2n) is 3.47. The van der Waals surface area contributed by atoms with E-state index in [1.54, 1.807) is 0 Å². The Balaban J connectivity index is 2.54. The van der Waals surface area contributed by atoms with Gasteiger partial charge in [0, 0.05) is 13.5 Å². The van der Waals surface area contributed by atoms with E-state index < -0.39 is 30.7 Å². The van der Waals surface area contributed by atoms with Crippen molar-refractivity contribution in [3.8, 4) is 0 Å². The number of aliphatic hydroxyl groups excluding tert-OH is 4. The van der Waals surface area contributed by atoms with Crippen LogP contribution >= 0.6 is 0 Å². The molecule has 0 radical (unpaired) electrons. The summed E-state index contributed by atoms with van der Waals surface area (Å²) in [6.45, 7) is 1.24. The Morgan fingerprint density at radius 3 is 2.33 bits per heavy atom. The van der Waals surface area contributed by atoms with E-state index in [0.29, 0.717) is 0 Å². The summed E-state index contributed by atoms with van der Waals surface area (Å²) < 4.78 is 4.81. The Morgan fingerprint density at radius 1 is 1.20 bits per heavy atom. The minimum atomic E-state index is -1.57. The first-order valence-corrected chi connectivity index (χ1v) is 4.55. The first kappa shape index (κ1) is 12.3. The number of ether oxygens (including phenoxy) is 1. The Labute approximate surface area is 86.3 Å². The zero-order valence-electron chi connectivity index (χ0n) is 8.20. The second-order valence-corrected chi connectivity index (χ2v) is 3.47. The zero-order chi connectivity index (χ0) is 11.6. The van der Waals surface area contributed by atoms with Crippen LogP contribution in [0.4, 0.5) is 0 Å². The molecule has 0 unspecified atom stereocenters. The summed E-state index contributed by atoms with van der Waals surface area (Å²) in [6.07, 6.45) is -6.90. The molecule has 1 amide bonds. The number of carbonyl (C=O) groups is 1. The van der Waals surface area contributed by atoms with Crippen LogP contribution in [0.15, 0.2) is 0 Å². The van der Waals surface area contributed by atoms with Gasteiger partial charge in [-0.05, 0) is 0 Å². The van der Waals surface area contributed by atoms with Crippen molar-refractivity contribution in [3.63, 3.8) is 0 Å². The van der Waals surface area contributed by atoms with E-state index in [1.165, 1.54) is 6.92 Å². The van der Waals surface area contributed by atoms with E-state index in [2.05, 4.69) is 5.32 Å². The molecule has 0 bridgehead atoms. The molecule has 7 nitrogen and oxygen atoms in total. The lowest BCUT2D eigenvalue weighted by molar-refractivity contribution is -0.280. The Hall–Kier alpha value is -0.730. The predicted molar refractivity (Wildman–Crippen MR) is 47.6 cm³/mol. The highest BCUT2D eigenvalue weighted by Crippen LogP contribution is 2.19. The van der Waals surface area contributed by atoms with Crippen molar-refractivity contribution in [2.24, 2.45) is 0 Å². The average Bonchev–Trinajstić information content (AvgIpc) is 2.18. The summed E-state index contributed by atoms with van der Waals surface area (Å²) in [5.41, 5.74) is 0. The maximum Gasteiger partial charge on any atom is 0.216 e. The zero-order valence-corrected chi connectivity index (χ0v) is 8.20. The molecule has 7 heteroatoms. The largest absolute Gasteiger partial charge is 0.388 e. The molecule has 0 saturated carbocycles. The average molecular weight is 221 g/mol. The fourth-order valence-corrected chi connectivity index (χ4v) is 1.34. The lowest BCUT2D eigenvalue weighted by atomic mass is 9.99. The minimum Gasteiger partial charge on any atom is -0.388 e. The van der Waals surface area contributed by atoms with Crippen molar-refractivity contribution >= 4 is 5.91 Å². The second kappa shape index (κ2) is 4.86. The van der Waals surface area contributed by atoms with Gasteiger partial charge in [0.25, 0.3) is 0 Å². The van der Waals surface area contributed by atoms with E-state index in [-0.39, 0.29) is 12.5 Å². The number of hydrogen-bond acceptors (Lipinski definition) is 6. The highest BCUT2D eigenvalue weighted by Gasteiger charge is 2.42. The van der Waals surface area contributed by atoms with E-state index in [9.17, 15) is 15.0 Å². The van der Waals surface area contributed by atoms with E-state index in [1.807, 2.05) is 0 Å². The number of carbonyl (C=O) groups excluding carboxylic acids is 1. The lowest BCUT2D eigenvalue weighted by Crippen LogP contribution is -2.59. The molecule has 0 aromatic heterocycles. The maximum absolute atomic E-state index is 10.6. The van der Waals surface area contributed by atoms with Crippen LogP contribution in [0.1, 0.15) is 6.92 Å². The normalized spacial score (nSPS) is 41.3. The van der Waals surface area contributed by atoms with Crippen LogP contribution in [-0.4, -0.2) is 63.6 Å². The highest BCUT2D eigenvalue weighted by atomic mass is 16.6. The Morgan fingerprint density at radius 2 is 1.80 bits per heavy atom. The van der Waals surface area contributed by atoms with Crippen LogP contribution < -0.4 is 5.32 Å². The fourth-order valence-electron chi connectivity index (χ4n) is 1.34. The molecule has 5 N–H and O–H groups in total. The molecule has 15 heavy (non-hydrogen) atoms. The summed E-state index contributed by atoms with van der Waals surface area (Å²) in [5, 5.41) is 39.4. The van der Waals surface area contributed by atoms with Crippen molar-refractivity contribution in [1.29, 1.82) is 0 Å². The van der Waals surface area contributed by atoms with Crippen LogP contribution in [0, 0.1) is 0 Å². The van der Waals surface area contributed by atoms with Crippen molar-refractivity contribution in [2.75, 3.05) is 6.54 Å². The van der Waals surface area contributed by atoms with Gasteiger partial charge in [-0.15, -0.1) is 0 Å². The topological polar surface area (TPSA) is 119 Å².